The van der Waals surface area contributed by atoms with Crippen LogP contribution in [0.15, 0.2) is 29.3 Å². The van der Waals surface area contributed by atoms with Gasteiger partial charge in [0.05, 0.1) is 6.54 Å². The van der Waals surface area contributed by atoms with E-state index < -0.39 is 0 Å². The van der Waals surface area contributed by atoms with E-state index in [4.69, 9.17) is 5.73 Å². The molecule has 0 bridgehead atoms. The summed E-state index contributed by atoms with van der Waals surface area (Å²) < 4.78 is 0. The van der Waals surface area contributed by atoms with Crippen LogP contribution in [-0.4, -0.2) is 41.4 Å². The minimum Gasteiger partial charge on any atom is -0.370 e. The van der Waals surface area contributed by atoms with Gasteiger partial charge in [-0.3, -0.25) is 4.79 Å². The van der Waals surface area contributed by atoms with Gasteiger partial charge in [0.2, 0.25) is 5.91 Å². The number of hydrogen-bond acceptors (Lipinski definition) is 3. The highest BCUT2D eigenvalue weighted by molar-refractivity contribution is 14.0. The Kier molecular flexibility index (Phi) is 8.35. The van der Waals surface area contributed by atoms with Crippen molar-refractivity contribution in [3.63, 3.8) is 0 Å². The normalized spacial score (nSPS) is 18.7. The summed E-state index contributed by atoms with van der Waals surface area (Å²) in [4.78, 5) is 18.9. The molecule has 2 fully saturated rings. The molecule has 0 radical (unpaired) electrons. The maximum atomic E-state index is 12.2. The number of carbonyl (C=O) groups is 1. The number of guanidine groups is 1. The monoisotopic (exact) mass is 474 g/mol. The molecule has 3 rings (SSSR count). The van der Waals surface area contributed by atoms with Gasteiger partial charge >= 0.3 is 0 Å². The van der Waals surface area contributed by atoms with Crippen molar-refractivity contribution >= 4 is 53.3 Å². The molecule has 1 aliphatic carbocycles. The first kappa shape index (κ1) is 20.4. The molecule has 7 heteroatoms. The van der Waals surface area contributed by atoms with Crippen molar-refractivity contribution in [1.29, 1.82) is 0 Å². The number of nitrogens with one attached hydrogen (secondary N) is 1. The summed E-state index contributed by atoms with van der Waals surface area (Å²) in [5, 5.41) is 3.04. The van der Waals surface area contributed by atoms with Crippen molar-refractivity contribution in [2.75, 3.05) is 29.9 Å². The zero-order valence-electron chi connectivity index (χ0n) is 14.4. The first-order valence-corrected chi connectivity index (χ1v) is 9.90. The Morgan fingerprint density at radius 1 is 1.28 bits per heavy atom. The van der Waals surface area contributed by atoms with E-state index in [0.29, 0.717) is 12.5 Å². The Hall–Kier alpha value is -0.960. The number of carbonyl (C=O) groups excluding carboxylic acids is 1. The van der Waals surface area contributed by atoms with E-state index >= 15 is 0 Å². The van der Waals surface area contributed by atoms with Crippen LogP contribution in [0.1, 0.15) is 31.2 Å². The lowest BCUT2D eigenvalue weighted by atomic mass is 10.1. The van der Waals surface area contributed by atoms with Crippen LogP contribution in [0.25, 0.3) is 0 Å². The van der Waals surface area contributed by atoms with Crippen molar-refractivity contribution in [2.45, 2.75) is 32.2 Å². The number of aliphatic imine (C=N–C) groups is 1. The lowest BCUT2D eigenvalue weighted by Crippen LogP contribution is -2.42. The molecule has 2 aliphatic rings. The number of rotatable bonds is 4. The molecule has 138 valence electrons. The van der Waals surface area contributed by atoms with Gasteiger partial charge in [0.1, 0.15) is 0 Å². The van der Waals surface area contributed by atoms with Crippen molar-refractivity contribution in [3.05, 3.63) is 29.8 Å². The van der Waals surface area contributed by atoms with Gasteiger partial charge in [-0.2, -0.15) is 11.8 Å². The van der Waals surface area contributed by atoms with Crippen molar-refractivity contribution in [3.8, 4) is 0 Å². The number of halogens is 1. The lowest BCUT2D eigenvalue weighted by molar-refractivity contribution is -0.119. The average Bonchev–Trinajstić information content (AvgIpc) is 3.15. The van der Waals surface area contributed by atoms with Crippen molar-refractivity contribution in [2.24, 2.45) is 16.6 Å². The van der Waals surface area contributed by atoms with Crippen LogP contribution in [-0.2, 0) is 11.3 Å². The first-order valence-electron chi connectivity index (χ1n) is 8.75. The van der Waals surface area contributed by atoms with E-state index in [1.165, 1.54) is 12.8 Å². The smallest absolute Gasteiger partial charge is 0.227 e. The zero-order chi connectivity index (χ0) is 16.8. The molecule has 1 aromatic carbocycles. The fourth-order valence-corrected chi connectivity index (χ4v) is 4.15. The zero-order valence-corrected chi connectivity index (χ0v) is 17.6. The lowest BCUT2D eigenvalue weighted by Gasteiger charge is -2.27. The number of anilines is 1. The second-order valence-electron chi connectivity index (χ2n) is 6.44. The topological polar surface area (TPSA) is 70.7 Å². The van der Waals surface area contributed by atoms with Gasteiger partial charge in [0.25, 0.3) is 0 Å². The Morgan fingerprint density at radius 3 is 2.72 bits per heavy atom. The quantitative estimate of drug-likeness (QED) is 0.399. The molecule has 1 aromatic rings. The van der Waals surface area contributed by atoms with Crippen molar-refractivity contribution < 1.29 is 4.79 Å². The Labute approximate surface area is 171 Å². The summed E-state index contributed by atoms with van der Waals surface area (Å²) in [6.45, 7) is 2.48. The van der Waals surface area contributed by atoms with Crippen molar-refractivity contribution in [1.82, 2.24) is 4.90 Å². The van der Waals surface area contributed by atoms with Gasteiger partial charge in [0.15, 0.2) is 5.96 Å². The molecule has 0 unspecified atom stereocenters. The third-order valence-electron chi connectivity index (χ3n) is 4.68. The Balaban J connectivity index is 0.00000225. The molecule has 0 spiro atoms. The van der Waals surface area contributed by atoms with E-state index in [-0.39, 0.29) is 35.8 Å². The van der Waals surface area contributed by atoms with E-state index in [9.17, 15) is 4.79 Å². The van der Waals surface area contributed by atoms with Crippen LogP contribution in [0.4, 0.5) is 5.69 Å². The summed E-state index contributed by atoms with van der Waals surface area (Å²) in [7, 11) is 0. The average molecular weight is 474 g/mol. The van der Waals surface area contributed by atoms with Crippen LogP contribution in [0.3, 0.4) is 0 Å². The summed E-state index contributed by atoms with van der Waals surface area (Å²) in [6, 6.07) is 7.91. The minimum absolute atomic E-state index is 0. The van der Waals surface area contributed by atoms with Crippen LogP contribution < -0.4 is 11.1 Å². The molecule has 3 N–H and O–H groups in total. The first-order chi connectivity index (χ1) is 11.7. The number of hydrogen-bond donors (Lipinski definition) is 2. The van der Waals surface area contributed by atoms with E-state index in [1.54, 1.807) is 0 Å². The van der Waals surface area contributed by atoms with E-state index in [2.05, 4.69) is 15.2 Å². The van der Waals surface area contributed by atoms with Gasteiger partial charge in [0, 0.05) is 36.2 Å². The van der Waals surface area contributed by atoms with Gasteiger partial charge in [-0.15, -0.1) is 24.0 Å². The molecule has 1 saturated heterocycles. The maximum Gasteiger partial charge on any atom is 0.227 e. The highest BCUT2D eigenvalue weighted by Gasteiger charge is 2.22. The van der Waals surface area contributed by atoms with Gasteiger partial charge in [-0.05, 0) is 30.5 Å². The van der Waals surface area contributed by atoms with E-state index in [1.807, 2.05) is 36.0 Å². The second kappa shape index (κ2) is 10.3. The fraction of sp³-hybridized carbons (Fsp3) is 0.556. The summed E-state index contributed by atoms with van der Waals surface area (Å²) in [5.41, 5.74) is 8.01. The van der Waals surface area contributed by atoms with Crippen LogP contribution >= 0.6 is 35.7 Å². The standard InChI is InChI=1S/C18H26N4OS.HI/c19-18(22-8-10-24-11-9-22)20-13-14-4-3-7-16(12-14)21-17(23)15-5-1-2-6-15;/h3-4,7,12,15H,1-2,5-6,8-11,13H2,(H2,19,20)(H,21,23);1H. The second-order valence-corrected chi connectivity index (χ2v) is 7.67. The maximum absolute atomic E-state index is 12.2. The predicted octanol–water partition coefficient (Wildman–Crippen LogP) is 3.30. The number of nitrogens with zero attached hydrogens (tertiary/aromatic N) is 2. The van der Waals surface area contributed by atoms with Crippen LogP contribution in [0.5, 0.6) is 0 Å². The third-order valence-corrected chi connectivity index (χ3v) is 5.62. The molecule has 1 saturated carbocycles. The molecule has 5 nitrogen and oxygen atoms in total. The molecule has 1 aliphatic heterocycles. The number of thioether (sulfide) groups is 1. The van der Waals surface area contributed by atoms with Gasteiger partial charge in [-0.25, -0.2) is 4.99 Å². The van der Waals surface area contributed by atoms with Gasteiger partial charge < -0.3 is 16.0 Å². The molecule has 1 amide bonds. The molecule has 0 atom stereocenters. The highest BCUT2D eigenvalue weighted by Crippen LogP contribution is 2.26. The van der Waals surface area contributed by atoms with Crippen LogP contribution in [0.2, 0.25) is 0 Å². The highest BCUT2D eigenvalue weighted by atomic mass is 127. The summed E-state index contributed by atoms with van der Waals surface area (Å²) in [6.07, 6.45) is 4.36. The van der Waals surface area contributed by atoms with E-state index in [0.717, 1.165) is 48.7 Å². The fourth-order valence-electron chi connectivity index (χ4n) is 3.24. The Morgan fingerprint density at radius 2 is 2.00 bits per heavy atom. The molecular weight excluding hydrogens is 447 g/mol. The number of amides is 1. The summed E-state index contributed by atoms with van der Waals surface area (Å²) >= 11 is 1.96. The summed E-state index contributed by atoms with van der Waals surface area (Å²) in [5.74, 6) is 3.17. The number of benzene rings is 1. The molecular formula is C18H27IN4OS. The molecule has 25 heavy (non-hydrogen) atoms. The molecule has 0 aromatic heterocycles. The minimum atomic E-state index is 0. The van der Waals surface area contributed by atoms with Gasteiger partial charge in [-0.1, -0.05) is 25.0 Å². The molecule has 1 heterocycles. The number of nitrogens with two attached hydrogens (primary N) is 1. The SMILES string of the molecule is I.NC(=NCc1cccc(NC(=O)C2CCCC2)c1)N1CCSCC1. The van der Waals surface area contributed by atoms with Crippen LogP contribution in [0, 0.1) is 5.92 Å². The predicted molar refractivity (Wildman–Crippen MR) is 117 cm³/mol. The third kappa shape index (κ3) is 6.06. The Bertz CT molecular complexity index is 598. The largest absolute Gasteiger partial charge is 0.370 e.